The maximum atomic E-state index is 12.3. The van der Waals surface area contributed by atoms with Crippen LogP contribution in [-0.2, 0) is 14.2 Å². The molecule has 0 unspecified atom stereocenters. The Kier molecular flexibility index (Phi) is 6.75. The van der Waals surface area contributed by atoms with E-state index < -0.39 is 6.10 Å². The summed E-state index contributed by atoms with van der Waals surface area (Å²) >= 11 is 5.48. The maximum absolute atomic E-state index is 12.3. The van der Waals surface area contributed by atoms with E-state index in [1.165, 1.54) is 17.5 Å². The molecule has 1 aliphatic carbocycles. The largest absolute Gasteiger partial charge is 0.441 e. The number of carbonyl (C=O) groups is 1. The van der Waals surface area contributed by atoms with Gasteiger partial charge in [-0.15, -0.1) is 0 Å². The number of hydrogen-bond acceptors (Lipinski definition) is 5. The molecule has 30 heavy (non-hydrogen) atoms. The van der Waals surface area contributed by atoms with Crippen LogP contribution in [0.5, 0.6) is 0 Å². The molecule has 0 bridgehead atoms. The van der Waals surface area contributed by atoms with E-state index in [1.54, 1.807) is 0 Å². The highest BCUT2D eigenvalue weighted by molar-refractivity contribution is 7.80. The normalized spacial score (nSPS) is 28.6. The second-order valence-electron chi connectivity index (χ2n) is 8.60. The van der Waals surface area contributed by atoms with Crippen molar-refractivity contribution in [1.82, 2.24) is 10.6 Å². The van der Waals surface area contributed by atoms with E-state index in [4.69, 9.17) is 26.4 Å². The highest BCUT2D eigenvalue weighted by Gasteiger charge is 2.49. The summed E-state index contributed by atoms with van der Waals surface area (Å²) in [6.07, 6.45) is 4.37. The van der Waals surface area contributed by atoms with Crippen LogP contribution in [0, 0.1) is 13.8 Å². The van der Waals surface area contributed by atoms with Gasteiger partial charge in [-0.2, -0.15) is 0 Å². The molecule has 2 aliphatic heterocycles. The van der Waals surface area contributed by atoms with Crippen LogP contribution in [-0.4, -0.2) is 54.8 Å². The van der Waals surface area contributed by atoms with Crippen molar-refractivity contribution in [2.45, 2.75) is 76.3 Å². The van der Waals surface area contributed by atoms with Gasteiger partial charge in [0.1, 0.15) is 12.2 Å². The van der Waals surface area contributed by atoms with Crippen LogP contribution in [0.15, 0.2) is 18.2 Å². The molecule has 7 nitrogen and oxygen atoms in total. The Morgan fingerprint density at radius 1 is 1.00 bits per heavy atom. The molecule has 8 heteroatoms. The lowest BCUT2D eigenvalue weighted by molar-refractivity contribution is 0.00277. The van der Waals surface area contributed by atoms with E-state index in [2.05, 4.69) is 48.0 Å². The van der Waals surface area contributed by atoms with Crippen LogP contribution < -0.4 is 16.0 Å². The molecule has 1 saturated carbocycles. The molecule has 1 aromatic rings. The predicted molar refractivity (Wildman–Crippen MR) is 119 cm³/mol. The molecular weight excluding hydrogens is 402 g/mol. The third kappa shape index (κ3) is 5.22. The summed E-state index contributed by atoms with van der Waals surface area (Å²) < 4.78 is 17.4. The van der Waals surface area contributed by atoms with Crippen molar-refractivity contribution in [2.24, 2.45) is 0 Å². The van der Waals surface area contributed by atoms with E-state index >= 15 is 0 Å². The lowest BCUT2D eigenvalue weighted by atomic mass is 9.96. The van der Waals surface area contributed by atoms with E-state index in [9.17, 15) is 4.79 Å². The van der Waals surface area contributed by atoms with Gasteiger partial charge in [-0.05, 0) is 62.2 Å². The highest BCUT2D eigenvalue weighted by Crippen LogP contribution is 2.29. The summed E-state index contributed by atoms with van der Waals surface area (Å²) in [7, 11) is 0. The van der Waals surface area contributed by atoms with Gasteiger partial charge in [0.05, 0.1) is 19.3 Å². The summed E-state index contributed by atoms with van der Waals surface area (Å²) in [6, 6.07) is 6.35. The summed E-state index contributed by atoms with van der Waals surface area (Å²) in [5.74, 6) is 0. The van der Waals surface area contributed by atoms with Gasteiger partial charge >= 0.3 is 6.09 Å². The van der Waals surface area contributed by atoms with Gasteiger partial charge in [-0.1, -0.05) is 25.3 Å². The third-order valence-electron chi connectivity index (χ3n) is 5.99. The minimum absolute atomic E-state index is 0.0871. The SMILES string of the molecule is Cc1cc(C)cc(NC(=S)N[C@H]2CO[C@H]3[C@@H]2OC[C@H]3OC(=O)NC2CCCCC2)c1. The van der Waals surface area contributed by atoms with Crippen molar-refractivity contribution in [1.29, 1.82) is 0 Å². The average Bonchev–Trinajstić information content (AvgIpc) is 3.25. The zero-order chi connectivity index (χ0) is 21.1. The third-order valence-corrected chi connectivity index (χ3v) is 6.21. The minimum atomic E-state index is -0.397. The topological polar surface area (TPSA) is 80.8 Å². The number of alkyl carbamates (subject to hydrolysis) is 1. The molecular formula is C22H31N3O4S. The Bertz CT molecular complexity index is 763. The summed E-state index contributed by atoms with van der Waals surface area (Å²) in [4.78, 5) is 12.3. The molecule has 0 spiro atoms. The first-order valence-electron chi connectivity index (χ1n) is 10.8. The fraction of sp³-hybridized carbons (Fsp3) is 0.636. The molecule has 3 N–H and O–H groups in total. The Labute approximate surface area is 183 Å². The molecule has 0 radical (unpaired) electrons. The number of benzene rings is 1. The molecule has 3 fully saturated rings. The van der Waals surface area contributed by atoms with Crippen LogP contribution in [0.25, 0.3) is 0 Å². The number of thiocarbonyl (C=S) groups is 1. The number of hydrogen-bond donors (Lipinski definition) is 3. The van der Waals surface area contributed by atoms with Gasteiger partial charge in [0, 0.05) is 11.7 Å². The van der Waals surface area contributed by atoms with Gasteiger partial charge in [0.25, 0.3) is 0 Å². The zero-order valence-corrected chi connectivity index (χ0v) is 18.4. The van der Waals surface area contributed by atoms with Crippen molar-refractivity contribution in [2.75, 3.05) is 18.5 Å². The van der Waals surface area contributed by atoms with E-state index in [0.717, 1.165) is 31.4 Å². The van der Waals surface area contributed by atoms with Crippen LogP contribution in [0.3, 0.4) is 0 Å². The Balaban J connectivity index is 1.26. The smallest absolute Gasteiger partial charge is 0.407 e. The summed E-state index contributed by atoms with van der Waals surface area (Å²) in [5.41, 5.74) is 3.30. The van der Waals surface area contributed by atoms with Crippen LogP contribution in [0.1, 0.15) is 43.2 Å². The number of fused-ring (bicyclic) bond motifs is 1. The van der Waals surface area contributed by atoms with E-state index in [-0.39, 0.29) is 30.4 Å². The van der Waals surface area contributed by atoms with Crippen molar-refractivity contribution in [3.63, 3.8) is 0 Å². The number of rotatable bonds is 4. The lowest BCUT2D eigenvalue weighted by Gasteiger charge is -2.24. The van der Waals surface area contributed by atoms with Crippen LogP contribution in [0.2, 0.25) is 0 Å². The molecule has 4 atom stereocenters. The number of anilines is 1. The van der Waals surface area contributed by atoms with Crippen molar-refractivity contribution in [3.8, 4) is 0 Å². The van der Waals surface area contributed by atoms with Crippen molar-refractivity contribution < 1.29 is 19.0 Å². The number of amides is 1. The van der Waals surface area contributed by atoms with Gasteiger partial charge in [0.2, 0.25) is 0 Å². The number of ether oxygens (including phenoxy) is 3. The van der Waals surface area contributed by atoms with E-state index in [0.29, 0.717) is 18.3 Å². The summed E-state index contributed by atoms with van der Waals surface area (Å²) in [5, 5.41) is 10.0. The standard InChI is InChI=1S/C22H31N3O4S/c1-13-8-14(2)10-16(9-13)23-21(30)25-17-11-27-20-18(12-28-19(17)20)29-22(26)24-15-6-4-3-5-7-15/h8-10,15,17-20H,3-7,11-12H2,1-2H3,(H,24,26)(H2,23,25,30)/t17-,18+,19+,20+/m0/s1. The van der Waals surface area contributed by atoms with Gasteiger partial charge in [-0.3, -0.25) is 0 Å². The van der Waals surface area contributed by atoms with Gasteiger partial charge < -0.3 is 30.2 Å². The average molecular weight is 434 g/mol. The van der Waals surface area contributed by atoms with Crippen molar-refractivity contribution in [3.05, 3.63) is 29.3 Å². The quantitative estimate of drug-likeness (QED) is 0.629. The molecule has 3 aliphatic rings. The first-order chi connectivity index (χ1) is 14.5. The van der Waals surface area contributed by atoms with E-state index in [1.807, 2.05) is 0 Å². The minimum Gasteiger partial charge on any atom is -0.441 e. The fourth-order valence-corrected chi connectivity index (χ4v) is 4.93. The molecule has 4 rings (SSSR count). The Hall–Kier alpha value is -1.90. The molecule has 2 heterocycles. The van der Waals surface area contributed by atoms with Crippen LogP contribution in [0.4, 0.5) is 10.5 Å². The molecule has 164 valence electrons. The number of carbonyl (C=O) groups excluding carboxylic acids is 1. The van der Waals surface area contributed by atoms with Gasteiger partial charge in [0.15, 0.2) is 11.2 Å². The second kappa shape index (κ2) is 9.49. The maximum Gasteiger partial charge on any atom is 0.407 e. The second-order valence-corrected chi connectivity index (χ2v) is 9.01. The summed E-state index contributed by atoms with van der Waals surface area (Å²) in [6.45, 7) is 4.90. The molecule has 2 saturated heterocycles. The first-order valence-corrected chi connectivity index (χ1v) is 11.2. The number of aryl methyl sites for hydroxylation is 2. The molecule has 0 aromatic heterocycles. The van der Waals surface area contributed by atoms with Crippen molar-refractivity contribution >= 4 is 29.1 Å². The Morgan fingerprint density at radius 3 is 2.43 bits per heavy atom. The predicted octanol–water partition coefficient (Wildman–Crippen LogP) is 3.18. The first kappa shape index (κ1) is 21.3. The Morgan fingerprint density at radius 2 is 1.70 bits per heavy atom. The number of nitrogens with one attached hydrogen (secondary N) is 3. The highest BCUT2D eigenvalue weighted by atomic mass is 32.1. The van der Waals surface area contributed by atoms with Crippen LogP contribution >= 0.6 is 12.2 Å². The molecule has 1 amide bonds. The monoisotopic (exact) mass is 433 g/mol. The van der Waals surface area contributed by atoms with Gasteiger partial charge in [-0.25, -0.2) is 4.79 Å². The molecule has 1 aromatic carbocycles. The fourth-order valence-electron chi connectivity index (χ4n) is 4.66. The lowest BCUT2D eigenvalue weighted by Crippen LogP contribution is -2.46. The zero-order valence-electron chi connectivity index (χ0n) is 17.6.